The summed E-state index contributed by atoms with van der Waals surface area (Å²) in [5, 5.41) is 3.39. The number of hydrogen-bond acceptors (Lipinski definition) is 6. The van der Waals surface area contributed by atoms with Gasteiger partial charge >= 0.3 is 6.01 Å². The normalized spacial score (nSPS) is 20.2. The monoisotopic (exact) mass is 524 g/mol. The number of ether oxygens (including phenoxy) is 1. The van der Waals surface area contributed by atoms with Gasteiger partial charge in [0.05, 0.1) is 11.1 Å². The Bertz CT molecular complexity index is 1540. The highest BCUT2D eigenvalue weighted by molar-refractivity contribution is 6.00. The third-order valence-corrected chi connectivity index (χ3v) is 8.37. The van der Waals surface area contributed by atoms with E-state index in [9.17, 15) is 4.79 Å². The van der Waals surface area contributed by atoms with Gasteiger partial charge in [0.1, 0.15) is 18.1 Å². The molecule has 2 aliphatic rings. The summed E-state index contributed by atoms with van der Waals surface area (Å²) in [6.45, 7) is 9.37. The van der Waals surface area contributed by atoms with Crippen molar-refractivity contribution < 1.29 is 9.53 Å². The number of nitrogens with zero attached hydrogens (tertiary/aromatic N) is 6. The third kappa shape index (κ3) is 4.63. The van der Waals surface area contributed by atoms with E-state index < -0.39 is 0 Å². The molecule has 0 bridgehead atoms. The molecule has 2 aromatic carbocycles. The van der Waals surface area contributed by atoms with Crippen LogP contribution in [0.25, 0.3) is 33.1 Å². The number of anilines is 1. The van der Waals surface area contributed by atoms with Gasteiger partial charge in [0, 0.05) is 44.3 Å². The minimum absolute atomic E-state index is 0.0306. The van der Waals surface area contributed by atoms with E-state index in [1.165, 1.54) is 23.3 Å². The number of fused-ring (bicyclic) bond motifs is 2. The predicted molar refractivity (Wildman–Crippen MR) is 156 cm³/mol. The topological polar surface area (TPSA) is 66.7 Å². The van der Waals surface area contributed by atoms with Gasteiger partial charge in [-0.15, -0.1) is 0 Å². The van der Waals surface area contributed by atoms with Crippen LogP contribution in [-0.2, 0) is 11.8 Å². The molecule has 2 atom stereocenters. The Labute approximate surface area is 229 Å². The zero-order valence-electron chi connectivity index (χ0n) is 23.0. The zero-order valence-corrected chi connectivity index (χ0v) is 23.0. The fourth-order valence-electron chi connectivity index (χ4n) is 6.11. The van der Waals surface area contributed by atoms with E-state index >= 15 is 0 Å². The maximum absolute atomic E-state index is 12.3. The molecule has 0 aliphatic carbocycles. The summed E-state index contributed by atoms with van der Waals surface area (Å²) < 4.78 is 8.42. The second-order valence-electron chi connectivity index (χ2n) is 10.8. The molecule has 0 radical (unpaired) electrons. The first-order valence-corrected chi connectivity index (χ1v) is 13.8. The van der Waals surface area contributed by atoms with Gasteiger partial charge in [-0.05, 0) is 56.3 Å². The maximum atomic E-state index is 12.3. The predicted octanol–water partition coefficient (Wildman–Crippen LogP) is 4.48. The Hall–Kier alpha value is -3.91. The van der Waals surface area contributed by atoms with Gasteiger partial charge < -0.3 is 24.0 Å². The molecule has 1 amide bonds. The molecule has 0 spiro atoms. The average molecular weight is 525 g/mol. The number of hydrogen-bond donors (Lipinski definition) is 0. The van der Waals surface area contributed by atoms with Crippen molar-refractivity contribution in [3.8, 4) is 17.3 Å². The first-order valence-electron chi connectivity index (χ1n) is 13.8. The largest absolute Gasteiger partial charge is 0.462 e. The Balaban J connectivity index is 1.44. The number of carbonyl (C=O) groups excluding carboxylic acids is 1. The van der Waals surface area contributed by atoms with Gasteiger partial charge in [-0.1, -0.05) is 49.0 Å². The summed E-state index contributed by atoms with van der Waals surface area (Å²) in [6.07, 6.45) is 3.70. The van der Waals surface area contributed by atoms with E-state index in [1.807, 2.05) is 4.90 Å². The van der Waals surface area contributed by atoms with Crippen LogP contribution in [0.2, 0.25) is 0 Å². The van der Waals surface area contributed by atoms with Crippen molar-refractivity contribution in [2.45, 2.75) is 31.8 Å². The average Bonchev–Trinajstić information content (AvgIpc) is 3.52. The highest BCUT2D eigenvalue weighted by atomic mass is 16.5. The number of piperazine rings is 1. The van der Waals surface area contributed by atoms with Crippen molar-refractivity contribution in [1.29, 1.82) is 0 Å². The number of benzene rings is 2. The Morgan fingerprint density at radius 1 is 1.08 bits per heavy atom. The standard InChI is InChI=1S/C31H36N6O2/c1-5-28(38)36-16-17-37(21(2)19-36)30-26-18-27(25-14-8-11-22-10-6-7-13-24(22)25)35(4)29(26)32-31(33-30)39-20-23-12-9-15-34(23)3/h5-8,10-11,13-14,18,21,23H,1,9,12,15-17,19-20H2,2-4H3/t21-,23-/m0/s1. The van der Waals surface area contributed by atoms with Crippen LogP contribution in [0.1, 0.15) is 19.8 Å². The fraction of sp³-hybridized carbons (Fsp3) is 0.387. The van der Waals surface area contributed by atoms with Crippen molar-refractivity contribution in [1.82, 2.24) is 24.3 Å². The van der Waals surface area contributed by atoms with E-state index in [0.717, 1.165) is 41.1 Å². The molecule has 8 nitrogen and oxygen atoms in total. The molecule has 0 N–H and O–H groups in total. The Morgan fingerprint density at radius 3 is 2.67 bits per heavy atom. The smallest absolute Gasteiger partial charge is 0.320 e. The van der Waals surface area contributed by atoms with E-state index in [1.54, 1.807) is 0 Å². The molecule has 2 fully saturated rings. The van der Waals surface area contributed by atoms with Crippen LogP contribution in [-0.4, -0.2) is 82.2 Å². The van der Waals surface area contributed by atoms with E-state index in [0.29, 0.717) is 38.3 Å². The van der Waals surface area contributed by atoms with Gasteiger partial charge in [0.25, 0.3) is 0 Å². The van der Waals surface area contributed by atoms with E-state index in [4.69, 9.17) is 14.7 Å². The molecular weight excluding hydrogens is 488 g/mol. The van der Waals surface area contributed by atoms with Crippen LogP contribution >= 0.6 is 0 Å². The van der Waals surface area contributed by atoms with Crippen LogP contribution in [0.3, 0.4) is 0 Å². The summed E-state index contributed by atoms with van der Waals surface area (Å²) in [5.74, 6) is 0.826. The van der Waals surface area contributed by atoms with Crippen molar-refractivity contribution in [3.05, 3.63) is 61.2 Å². The molecule has 4 aromatic rings. The third-order valence-electron chi connectivity index (χ3n) is 8.37. The molecule has 6 rings (SSSR count). The van der Waals surface area contributed by atoms with E-state index in [-0.39, 0.29) is 11.9 Å². The Kier molecular flexibility index (Phi) is 6.73. The number of aromatic nitrogens is 3. The lowest BCUT2D eigenvalue weighted by atomic mass is 10.0. The van der Waals surface area contributed by atoms with Gasteiger partial charge in [-0.3, -0.25) is 4.79 Å². The van der Waals surface area contributed by atoms with Crippen LogP contribution in [0.5, 0.6) is 6.01 Å². The minimum atomic E-state index is -0.0306. The number of aryl methyl sites for hydroxylation is 1. The SMILES string of the molecule is C=CC(=O)N1CCN(c2nc(OC[C@@H]3CCCN3C)nc3c2cc(-c2cccc4ccccc24)n3C)[C@@H](C)C1. The highest BCUT2D eigenvalue weighted by Gasteiger charge is 2.30. The summed E-state index contributed by atoms with van der Waals surface area (Å²) in [7, 11) is 4.21. The molecule has 2 aromatic heterocycles. The summed E-state index contributed by atoms with van der Waals surface area (Å²) in [4.78, 5) is 28.7. The van der Waals surface area contributed by atoms with Gasteiger partial charge in [0.2, 0.25) is 5.91 Å². The lowest BCUT2D eigenvalue weighted by molar-refractivity contribution is -0.126. The lowest BCUT2D eigenvalue weighted by Gasteiger charge is -2.40. The summed E-state index contributed by atoms with van der Waals surface area (Å²) in [6, 6.07) is 17.9. The number of likely N-dealkylation sites (tertiary alicyclic amines) is 1. The van der Waals surface area contributed by atoms with Crippen molar-refractivity contribution >= 4 is 33.5 Å². The van der Waals surface area contributed by atoms with Gasteiger partial charge in [0.15, 0.2) is 0 Å². The molecule has 39 heavy (non-hydrogen) atoms. The van der Waals surface area contributed by atoms with Gasteiger partial charge in [-0.25, -0.2) is 0 Å². The summed E-state index contributed by atoms with van der Waals surface area (Å²) >= 11 is 0. The minimum Gasteiger partial charge on any atom is -0.462 e. The second kappa shape index (κ2) is 10.3. The number of amides is 1. The number of carbonyl (C=O) groups is 1. The number of likely N-dealkylation sites (N-methyl/N-ethyl adjacent to an activating group) is 1. The van der Waals surface area contributed by atoms with Crippen LogP contribution in [0.15, 0.2) is 61.2 Å². The molecule has 0 saturated carbocycles. The van der Waals surface area contributed by atoms with Crippen LogP contribution < -0.4 is 9.64 Å². The van der Waals surface area contributed by atoms with Crippen LogP contribution in [0.4, 0.5) is 5.82 Å². The molecule has 4 heterocycles. The molecule has 0 unspecified atom stereocenters. The molecule has 8 heteroatoms. The van der Waals surface area contributed by atoms with Crippen molar-refractivity contribution in [3.63, 3.8) is 0 Å². The van der Waals surface area contributed by atoms with Gasteiger partial charge in [-0.2, -0.15) is 9.97 Å². The van der Waals surface area contributed by atoms with Crippen LogP contribution in [0, 0.1) is 0 Å². The highest BCUT2D eigenvalue weighted by Crippen LogP contribution is 2.37. The molecular formula is C31H36N6O2. The molecule has 2 aliphatic heterocycles. The van der Waals surface area contributed by atoms with Crippen molar-refractivity contribution in [2.24, 2.45) is 7.05 Å². The maximum Gasteiger partial charge on any atom is 0.320 e. The summed E-state index contributed by atoms with van der Waals surface area (Å²) in [5.41, 5.74) is 3.08. The first-order chi connectivity index (χ1) is 18.9. The Morgan fingerprint density at radius 2 is 1.90 bits per heavy atom. The first kappa shape index (κ1) is 25.4. The fourth-order valence-corrected chi connectivity index (χ4v) is 6.11. The van der Waals surface area contributed by atoms with E-state index in [2.05, 4.69) is 90.5 Å². The quantitative estimate of drug-likeness (QED) is 0.347. The molecule has 202 valence electrons. The zero-order chi connectivity index (χ0) is 27.1. The van der Waals surface area contributed by atoms with Crippen molar-refractivity contribution in [2.75, 3.05) is 44.7 Å². The molecule has 2 saturated heterocycles. The lowest BCUT2D eigenvalue weighted by Crippen LogP contribution is -2.53. The number of rotatable bonds is 6. The second-order valence-corrected chi connectivity index (χ2v) is 10.8.